The van der Waals surface area contributed by atoms with Crippen LogP contribution in [0, 0.1) is 25.7 Å². The van der Waals surface area contributed by atoms with Gasteiger partial charge >= 0.3 is 0 Å². The third kappa shape index (κ3) is 3.16. The van der Waals surface area contributed by atoms with Crippen molar-refractivity contribution in [3.05, 3.63) is 45.8 Å². The Hall–Kier alpha value is -2.77. The van der Waals surface area contributed by atoms with E-state index in [1.54, 1.807) is 6.33 Å². The zero-order valence-corrected chi connectivity index (χ0v) is 16.8. The van der Waals surface area contributed by atoms with Gasteiger partial charge in [0.25, 0.3) is 11.5 Å². The molecule has 0 saturated carbocycles. The van der Waals surface area contributed by atoms with Crippen LogP contribution in [0.5, 0.6) is 0 Å². The van der Waals surface area contributed by atoms with E-state index in [4.69, 9.17) is 0 Å². The largest absolute Gasteiger partial charge is 0.356 e. The van der Waals surface area contributed by atoms with Crippen LogP contribution in [0.3, 0.4) is 0 Å². The normalized spacial score (nSPS) is 21.5. The van der Waals surface area contributed by atoms with Gasteiger partial charge < -0.3 is 9.80 Å². The van der Waals surface area contributed by atoms with Gasteiger partial charge in [0.15, 0.2) is 0 Å². The van der Waals surface area contributed by atoms with Gasteiger partial charge in [0.05, 0.1) is 6.04 Å². The minimum atomic E-state index is -0.184. The van der Waals surface area contributed by atoms with Crippen LogP contribution in [0.15, 0.2) is 23.3 Å². The maximum Gasteiger partial charge on any atom is 0.274 e. The number of carbonyl (C=O) groups is 1. The molecule has 2 aliphatic heterocycles. The lowest BCUT2D eigenvalue weighted by molar-refractivity contribution is 0.0773. The first kappa shape index (κ1) is 18.6. The number of rotatable bonds is 3. The molecule has 0 bridgehead atoms. The highest BCUT2D eigenvalue weighted by atomic mass is 16.2. The molecule has 8 heteroatoms. The summed E-state index contributed by atoms with van der Waals surface area (Å²) < 4.78 is 1.37. The molecule has 2 atom stereocenters. The molecule has 0 aliphatic carbocycles. The van der Waals surface area contributed by atoms with Crippen LogP contribution in [0.1, 0.15) is 41.6 Å². The molecule has 2 saturated heterocycles. The van der Waals surface area contributed by atoms with Gasteiger partial charge in [0, 0.05) is 55.3 Å². The Labute approximate surface area is 164 Å². The molecule has 2 aromatic rings. The van der Waals surface area contributed by atoms with Gasteiger partial charge in [-0.3, -0.25) is 9.59 Å². The summed E-state index contributed by atoms with van der Waals surface area (Å²) in [6.45, 7) is 11.0. The molecule has 2 aromatic heterocycles. The average Bonchev–Trinajstić information content (AvgIpc) is 3.22. The summed E-state index contributed by atoms with van der Waals surface area (Å²) in [6, 6.07) is 2.89. The highest BCUT2D eigenvalue weighted by molar-refractivity contribution is 5.92. The third-order valence-corrected chi connectivity index (χ3v) is 5.92. The SMILES string of the molecule is Cc1ncnc(N2CC3CN(C(=O)c4ccc(=O)n(C(C)C)n4)CC3C2)c1C. The number of carbonyl (C=O) groups excluding carboxylic acids is 1. The van der Waals surface area contributed by atoms with Crippen molar-refractivity contribution in [2.45, 2.75) is 33.7 Å². The lowest BCUT2D eigenvalue weighted by Gasteiger charge is -2.24. The van der Waals surface area contributed by atoms with Crippen LogP contribution in [-0.2, 0) is 0 Å². The van der Waals surface area contributed by atoms with E-state index >= 15 is 0 Å². The quantitative estimate of drug-likeness (QED) is 0.799. The van der Waals surface area contributed by atoms with Gasteiger partial charge in [-0.05, 0) is 33.8 Å². The number of aromatic nitrogens is 4. The molecule has 28 heavy (non-hydrogen) atoms. The molecule has 2 unspecified atom stereocenters. The number of anilines is 1. The Bertz CT molecular complexity index is 955. The van der Waals surface area contributed by atoms with Crippen LogP contribution in [-0.4, -0.2) is 56.7 Å². The van der Waals surface area contributed by atoms with E-state index < -0.39 is 0 Å². The monoisotopic (exact) mass is 382 g/mol. The molecule has 2 aliphatic rings. The topological polar surface area (TPSA) is 84.2 Å². The molecular formula is C20H26N6O2. The third-order valence-electron chi connectivity index (χ3n) is 5.92. The predicted molar refractivity (Wildman–Crippen MR) is 105 cm³/mol. The van der Waals surface area contributed by atoms with Crippen molar-refractivity contribution in [2.24, 2.45) is 11.8 Å². The van der Waals surface area contributed by atoms with Gasteiger partial charge in [-0.15, -0.1) is 0 Å². The van der Waals surface area contributed by atoms with E-state index in [1.165, 1.54) is 16.8 Å². The number of hydrogen-bond acceptors (Lipinski definition) is 6. The highest BCUT2D eigenvalue weighted by Crippen LogP contribution is 2.34. The van der Waals surface area contributed by atoms with Crippen LogP contribution in [0.25, 0.3) is 0 Å². The van der Waals surface area contributed by atoms with Crippen molar-refractivity contribution in [1.82, 2.24) is 24.6 Å². The van der Waals surface area contributed by atoms with Crippen molar-refractivity contribution in [1.29, 1.82) is 0 Å². The van der Waals surface area contributed by atoms with Crippen LogP contribution >= 0.6 is 0 Å². The summed E-state index contributed by atoms with van der Waals surface area (Å²) in [7, 11) is 0. The number of aryl methyl sites for hydroxylation is 1. The van der Waals surface area contributed by atoms with E-state index in [0.29, 0.717) is 30.6 Å². The van der Waals surface area contributed by atoms with Crippen molar-refractivity contribution >= 4 is 11.7 Å². The Morgan fingerprint density at radius 1 is 1.07 bits per heavy atom. The Morgan fingerprint density at radius 2 is 1.75 bits per heavy atom. The molecule has 1 amide bonds. The molecule has 148 valence electrons. The van der Waals surface area contributed by atoms with E-state index in [9.17, 15) is 9.59 Å². The molecule has 0 N–H and O–H groups in total. The van der Waals surface area contributed by atoms with Gasteiger partial charge in [0.2, 0.25) is 0 Å². The molecular weight excluding hydrogens is 356 g/mol. The molecule has 0 aromatic carbocycles. The molecule has 4 heterocycles. The fourth-order valence-electron chi connectivity index (χ4n) is 4.25. The predicted octanol–water partition coefficient (Wildman–Crippen LogP) is 1.44. The van der Waals surface area contributed by atoms with Crippen molar-refractivity contribution < 1.29 is 4.79 Å². The summed E-state index contributed by atoms with van der Waals surface area (Å²) in [5, 5.41) is 4.28. The number of likely N-dealkylation sites (tertiary alicyclic amines) is 1. The standard InChI is InChI=1S/C20H26N6O2/c1-12(2)26-18(27)6-5-17(23-26)20(28)25-9-15-7-24(8-16(15)10-25)19-13(3)14(4)21-11-22-19/h5-6,11-12,15-16H,7-10H2,1-4H3. The van der Waals surface area contributed by atoms with E-state index in [1.807, 2.05) is 25.7 Å². The summed E-state index contributed by atoms with van der Waals surface area (Å²) in [6.07, 6.45) is 1.62. The lowest BCUT2D eigenvalue weighted by atomic mass is 10.0. The fraction of sp³-hybridized carbons (Fsp3) is 0.550. The zero-order valence-electron chi connectivity index (χ0n) is 16.8. The van der Waals surface area contributed by atoms with E-state index in [-0.39, 0.29) is 17.5 Å². The molecule has 0 radical (unpaired) electrons. The maximum absolute atomic E-state index is 12.9. The second-order valence-corrected chi connectivity index (χ2v) is 8.14. The first-order chi connectivity index (χ1) is 13.3. The minimum absolute atomic E-state index is 0.0775. The summed E-state index contributed by atoms with van der Waals surface area (Å²) in [4.78, 5) is 37.8. The first-order valence-corrected chi connectivity index (χ1v) is 9.77. The fourth-order valence-corrected chi connectivity index (χ4v) is 4.25. The zero-order chi connectivity index (χ0) is 20.0. The van der Waals surface area contributed by atoms with Crippen LogP contribution < -0.4 is 10.5 Å². The molecule has 0 spiro atoms. The Morgan fingerprint density at radius 3 is 2.39 bits per heavy atom. The number of fused-ring (bicyclic) bond motifs is 1. The second-order valence-electron chi connectivity index (χ2n) is 8.14. The smallest absolute Gasteiger partial charge is 0.274 e. The van der Waals surface area contributed by atoms with E-state index in [0.717, 1.165) is 30.2 Å². The van der Waals surface area contributed by atoms with Crippen molar-refractivity contribution in [2.75, 3.05) is 31.1 Å². The molecule has 2 fully saturated rings. The minimum Gasteiger partial charge on any atom is -0.356 e. The number of hydrogen-bond donors (Lipinski definition) is 0. The summed E-state index contributed by atoms with van der Waals surface area (Å²) in [5.74, 6) is 1.76. The summed E-state index contributed by atoms with van der Waals surface area (Å²) >= 11 is 0. The Balaban J connectivity index is 1.47. The summed E-state index contributed by atoms with van der Waals surface area (Å²) in [5.41, 5.74) is 2.28. The van der Waals surface area contributed by atoms with Crippen molar-refractivity contribution in [3.8, 4) is 0 Å². The highest BCUT2D eigenvalue weighted by Gasteiger charge is 2.42. The molecule has 4 rings (SSSR count). The van der Waals surface area contributed by atoms with Gasteiger partial charge in [-0.1, -0.05) is 0 Å². The van der Waals surface area contributed by atoms with Gasteiger partial charge in [-0.25, -0.2) is 14.6 Å². The van der Waals surface area contributed by atoms with Crippen LogP contribution in [0.2, 0.25) is 0 Å². The lowest BCUT2D eigenvalue weighted by Crippen LogP contribution is -2.35. The van der Waals surface area contributed by atoms with Gasteiger partial charge in [0.1, 0.15) is 17.8 Å². The van der Waals surface area contributed by atoms with Gasteiger partial charge in [-0.2, -0.15) is 5.10 Å². The Kier molecular flexibility index (Phi) is 4.64. The first-order valence-electron chi connectivity index (χ1n) is 9.77. The second kappa shape index (κ2) is 7.00. The molecule has 8 nitrogen and oxygen atoms in total. The number of amides is 1. The average molecular weight is 382 g/mol. The van der Waals surface area contributed by atoms with E-state index in [2.05, 4.69) is 26.9 Å². The maximum atomic E-state index is 12.9. The number of nitrogens with zero attached hydrogens (tertiary/aromatic N) is 6. The van der Waals surface area contributed by atoms with Crippen LogP contribution in [0.4, 0.5) is 5.82 Å². The van der Waals surface area contributed by atoms with Crippen molar-refractivity contribution in [3.63, 3.8) is 0 Å².